The number of likely N-dealkylation sites (N-methyl/N-ethyl adjacent to an activating group) is 1. The second kappa shape index (κ2) is 5.31. The van der Waals surface area contributed by atoms with E-state index < -0.39 is 0 Å². The molecule has 0 aliphatic carbocycles. The summed E-state index contributed by atoms with van der Waals surface area (Å²) in [5, 5.41) is 3.03. The Hall–Kier alpha value is -1.36. The van der Waals surface area contributed by atoms with Crippen LogP contribution >= 0.6 is 0 Å². The van der Waals surface area contributed by atoms with Crippen LogP contribution in [0.5, 0.6) is 0 Å². The van der Waals surface area contributed by atoms with Crippen LogP contribution < -0.4 is 10.2 Å². The number of rotatable bonds is 2. The van der Waals surface area contributed by atoms with Crippen molar-refractivity contribution in [3.8, 4) is 0 Å². The third-order valence-corrected chi connectivity index (χ3v) is 3.22. The molecule has 1 N–H and O–H groups in total. The standard InChI is InChI=1S/C12H21N5/c1-10-9-16(3)5-4-6-17(10)12-8-14-7-11(13-2)15-12/h7-8,10H,4-6,9H2,1-3H3,(H,13,15). The Labute approximate surface area is 103 Å². The van der Waals surface area contributed by atoms with Crippen LogP contribution in [0.2, 0.25) is 0 Å². The molecule has 2 rings (SSSR count). The lowest BCUT2D eigenvalue weighted by molar-refractivity contribution is 0.337. The molecule has 1 atom stereocenters. The molecule has 0 bridgehead atoms. The highest BCUT2D eigenvalue weighted by molar-refractivity contribution is 5.44. The molecule has 1 aromatic heterocycles. The summed E-state index contributed by atoms with van der Waals surface area (Å²) >= 11 is 0. The summed E-state index contributed by atoms with van der Waals surface area (Å²) in [6.45, 7) is 5.52. The Bertz CT molecular complexity index is 368. The Morgan fingerprint density at radius 1 is 1.35 bits per heavy atom. The lowest BCUT2D eigenvalue weighted by Crippen LogP contribution is -2.38. The number of anilines is 2. The van der Waals surface area contributed by atoms with Gasteiger partial charge in [-0.05, 0) is 26.9 Å². The fourth-order valence-electron chi connectivity index (χ4n) is 2.33. The van der Waals surface area contributed by atoms with E-state index in [9.17, 15) is 0 Å². The lowest BCUT2D eigenvalue weighted by atomic mass is 10.3. The van der Waals surface area contributed by atoms with Gasteiger partial charge in [-0.1, -0.05) is 0 Å². The molecule has 5 heteroatoms. The maximum atomic E-state index is 4.57. The van der Waals surface area contributed by atoms with Crippen molar-refractivity contribution in [2.45, 2.75) is 19.4 Å². The molecule has 0 amide bonds. The average molecular weight is 235 g/mol. The fraction of sp³-hybridized carbons (Fsp3) is 0.667. The first-order valence-corrected chi connectivity index (χ1v) is 6.15. The van der Waals surface area contributed by atoms with E-state index in [0.29, 0.717) is 6.04 Å². The first kappa shape index (κ1) is 12.1. The van der Waals surface area contributed by atoms with E-state index in [0.717, 1.165) is 31.3 Å². The van der Waals surface area contributed by atoms with Crippen molar-refractivity contribution in [2.75, 3.05) is 43.9 Å². The maximum Gasteiger partial charge on any atom is 0.149 e. The zero-order valence-electron chi connectivity index (χ0n) is 10.8. The van der Waals surface area contributed by atoms with Gasteiger partial charge >= 0.3 is 0 Å². The van der Waals surface area contributed by atoms with E-state index in [1.54, 1.807) is 6.20 Å². The van der Waals surface area contributed by atoms with E-state index in [1.165, 1.54) is 6.42 Å². The minimum Gasteiger partial charge on any atom is -0.372 e. The number of hydrogen-bond donors (Lipinski definition) is 1. The van der Waals surface area contributed by atoms with Gasteiger partial charge in [0.1, 0.15) is 11.6 Å². The minimum atomic E-state index is 0.476. The van der Waals surface area contributed by atoms with Crippen molar-refractivity contribution in [1.82, 2.24) is 14.9 Å². The number of hydrogen-bond acceptors (Lipinski definition) is 5. The molecule has 5 nitrogen and oxygen atoms in total. The van der Waals surface area contributed by atoms with Gasteiger partial charge in [0.15, 0.2) is 0 Å². The summed E-state index contributed by atoms with van der Waals surface area (Å²) < 4.78 is 0. The van der Waals surface area contributed by atoms with Crippen molar-refractivity contribution in [1.29, 1.82) is 0 Å². The van der Waals surface area contributed by atoms with Crippen LogP contribution in [0.25, 0.3) is 0 Å². The lowest BCUT2D eigenvalue weighted by Gasteiger charge is -2.28. The van der Waals surface area contributed by atoms with Gasteiger partial charge in [0, 0.05) is 26.2 Å². The monoisotopic (exact) mass is 235 g/mol. The molecule has 1 saturated heterocycles. The predicted molar refractivity (Wildman–Crippen MR) is 70.5 cm³/mol. The Kier molecular flexibility index (Phi) is 3.78. The third kappa shape index (κ3) is 2.85. The highest BCUT2D eigenvalue weighted by Crippen LogP contribution is 2.18. The van der Waals surface area contributed by atoms with Crippen molar-refractivity contribution >= 4 is 11.6 Å². The van der Waals surface area contributed by atoms with Crippen LogP contribution in [0.3, 0.4) is 0 Å². The second-order valence-electron chi connectivity index (χ2n) is 4.67. The van der Waals surface area contributed by atoms with Gasteiger partial charge in [-0.3, -0.25) is 4.98 Å². The van der Waals surface area contributed by atoms with Crippen LogP contribution in [0.4, 0.5) is 11.6 Å². The molecule has 0 radical (unpaired) electrons. The maximum absolute atomic E-state index is 4.57. The van der Waals surface area contributed by atoms with Gasteiger partial charge in [-0.15, -0.1) is 0 Å². The molecule has 0 saturated carbocycles. The van der Waals surface area contributed by atoms with Crippen LogP contribution in [0, 0.1) is 0 Å². The van der Waals surface area contributed by atoms with Crippen LogP contribution in [0.15, 0.2) is 12.4 Å². The van der Waals surface area contributed by atoms with Gasteiger partial charge in [0.2, 0.25) is 0 Å². The molecule has 1 aliphatic rings. The second-order valence-corrected chi connectivity index (χ2v) is 4.67. The predicted octanol–water partition coefficient (Wildman–Crippen LogP) is 1.05. The number of nitrogens with one attached hydrogen (secondary N) is 1. The summed E-state index contributed by atoms with van der Waals surface area (Å²) in [5.74, 6) is 1.80. The minimum absolute atomic E-state index is 0.476. The fourth-order valence-corrected chi connectivity index (χ4v) is 2.33. The molecule has 94 valence electrons. The van der Waals surface area contributed by atoms with Gasteiger partial charge in [-0.25, -0.2) is 4.98 Å². The Morgan fingerprint density at radius 2 is 2.18 bits per heavy atom. The van der Waals surface area contributed by atoms with Crippen LogP contribution in [-0.4, -0.2) is 54.6 Å². The summed E-state index contributed by atoms with van der Waals surface area (Å²) in [6.07, 6.45) is 4.77. The molecule has 1 aliphatic heterocycles. The first-order valence-electron chi connectivity index (χ1n) is 6.15. The molecule has 0 aromatic carbocycles. The Balaban J connectivity index is 2.19. The zero-order valence-corrected chi connectivity index (χ0v) is 10.8. The van der Waals surface area contributed by atoms with Crippen molar-refractivity contribution in [3.05, 3.63) is 12.4 Å². The zero-order chi connectivity index (χ0) is 12.3. The molecule has 17 heavy (non-hydrogen) atoms. The number of nitrogens with zero attached hydrogens (tertiary/aromatic N) is 4. The van der Waals surface area contributed by atoms with E-state index in [2.05, 4.69) is 39.1 Å². The molecular formula is C12H21N5. The molecule has 0 spiro atoms. The summed E-state index contributed by atoms with van der Waals surface area (Å²) in [6, 6.07) is 0.476. The summed E-state index contributed by atoms with van der Waals surface area (Å²) in [7, 11) is 4.04. The molecule has 1 aromatic rings. The quantitative estimate of drug-likeness (QED) is 0.830. The SMILES string of the molecule is CNc1cncc(N2CCCN(C)CC2C)n1. The highest BCUT2D eigenvalue weighted by atomic mass is 15.3. The molecular weight excluding hydrogens is 214 g/mol. The van der Waals surface area contributed by atoms with Gasteiger partial charge < -0.3 is 15.1 Å². The smallest absolute Gasteiger partial charge is 0.149 e. The van der Waals surface area contributed by atoms with Gasteiger partial charge in [-0.2, -0.15) is 0 Å². The number of aromatic nitrogens is 2. The summed E-state index contributed by atoms with van der Waals surface area (Å²) in [4.78, 5) is 13.5. The molecule has 1 unspecified atom stereocenters. The molecule has 2 heterocycles. The third-order valence-electron chi connectivity index (χ3n) is 3.22. The van der Waals surface area contributed by atoms with E-state index in [1.807, 2.05) is 13.2 Å². The largest absolute Gasteiger partial charge is 0.372 e. The topological polar surface area (TPSA) is 44.3 Å². The van der Waals surface area contributed by atoms with E-state index in [4.69, 9.17) is 0 Å². The van der Waals surface area contributed by atoms with Crippen molar-refractivity contribution < 1.29 is 0 Å². The average Bonchev–Trinajstić information content (AvgIpc) is 2.50. The normalized spacial score (nSPS) is 22.3. The molecule has 1 fully saturated rings. The van der Waals surface area contributed by atoms with E-state index >= 15 is 0 Å². The van der Waals surface area contributed by atoms with Crippen LogP contribution in [-0.2, 0) is 0 Å². The van der Waals surface area contributed by atoms with Crippen LogP contribution in [0.1, 0.15) is 13.3 Å². The van der Waals surface area contributed by atoms with Gasteiger partial charge in [0.25, 0.3) is 0 Å². The highest BCUT2D eigenvalue weighted by Gasteiger charge is 2.21. The van der Waals surface area contributed by atoms with Crippen molar-refractivity contribution in [2.24, 2.45) is 0 Å². The van der Waals surface area contributed by atoms with Gasteiger partial charge in [0.05, 0.1) is 12.4 Å². The van der Waals surface area contributed by atoms with Crippen molar-refractivity contribution in [3.63, 3.8) is 0 Å². The van der Waals surface area contributed by atoms with E-state index in [-0.39, 0.29) is 0 Å². The Morgan fingerprint density at radius 3 is 2.94 bits per heavy atom. The first-order chi connectivity index (χ1) is 8.20. The summed E-state index contributed by atoms with van der Waals surface area (Å²) in [5.41, 5.74) is 0.